The number of piperidine rings is 1. The molecule has 1 aromatic heterocycles. The van der Waals surface area contributed by atoms with Gasteiger partial charge in [-0.25, -0.2) is 5.84 Å². The maximum atomic E-state index is 5.85. The first-order chi connectivity index (χ1) is 10.5. The minimum Gasteiger partial charge on any atom is -0.384 e. The summed E-state index contributed by atoms with van der Waals surface area (Å²) in [6.45, 7) is 7.53. The topological polar surface area (TPSA) is 83.8 Å². The van der Waals surface area contributed by atoms with Gasteiger partial charge in [0.25, 0.3) is 0 Å². The van der Waals surface area contributed by atoms with E-state index in [0.717, 1.165) is 38.0 Å². The van der Waals surface area contributed by atoms with Crippen LogP contribution in [0.1, 0.15) is 24.1 Å². The first-order valence-electron chi connectivity index (χ1n) is 7.63. The van der Waals surface area contributed by atoms with Gasteiger partial charge in [0.15, 0.2) is 0 Å². The zero-order chi connectivity index (χ0) is 16.1. The Balaban J connectivity index is 1.93. The summed E-state index contributed by atoms with van der Waals surface area (Å²) in [6, 6.07) is 4.28. The number of hydrogen-bond acceptors (Lipinski definition) is 4. The Labute approximate surface area is 132 Å². The lowest BCUT2D eigenvalue weighted by Gasteiger charge is -2.36. The van der Waals surface area contributed by atoms with Crippen LogP contribution in [0.25, 0.3) is 0 Å². The van der Waals surface area contributed by atoms with Crippen molar-refractivity contribution >= 4 is 5.96 Å². The van der Waals surface area contributed by atoms with Gasteiger partial charge in [0.2, 0.25) is 5.96 Å². The molecule has 0 saturated carbocycles. The highest BCUT2D eigenvalue weighted by atomic mass is 15.5. The number of hydrogen-bond donors (Lipinski definition) is 2. The van der Waals surface area contributed by atoms with E-state index in [9.17, 15) is 0 Å². The van der Waals surface area contributed by atoms with Crippen molar-refractivity contribution in [2.24, 2.45) is 22.5 Å². The maximum Gasteiger partial charge on any atom is 0.217 e. The lowest BCUT2D eigenvalue weighted by Crippen LogP contribution is -2.49. The minimum atomic E-state index is 0.279. The molecule has 0 spiro atoms. The predicted octanol–water partition coefficient (Wildman–Crippen LogP) is 1.24. The third-order valence-corrected chi connectivity index (χ3v) is 3.94. The van der Waals surface area contributed by atoms with Gasteiger partial charge in [0, 0.05) is 32.0 Å². The summed E-state index contributed by atoms with van der Waals surface area (Å²) >= 11 is 0. The Hall–Kier alpha value is -2.08. The van der Waals surface area contributed by atoms with Crippen LogP contribution >= 0.6 is 0 Å². The van der Waals surface area contributed by atoms with Crippen molar-refractivity contribution in [2.45, 2.75) is 26.2 Å². The van der Waals surface area contributed by atoms with Crippen molar-refractivity contribution in [1.29, 1.82) is 0 Å². The smallest absolute Gasteiger partial charge is 0.217 e. The first kappa shape index (κ1) is 16.3. The second-order valence-corrected chi connectivity index (χ2v) is 5.95. The van der Waals surface area contributed by atoms with Crippen molar-refractivity contribution in [3.8, 4) is 0 Å². The van der Waals surface area contributed by atoms with E-state index < -0.39 is 0 Å². The Morgan fingerprint density at radius 3 is 2.73 bits per heavy atom. The fourth-order valence-corrected chi connectivity index (χ4v) is 2.90. The van der Waals surface area contributed by atoms with E-state index in [1.165, 1.54) is 10.6 Å². The van der Waals surface area contributed by atoms with Crippen LogP contribution in [0.3, 0.4) is 0 Å². The molecule has 0 amide bonds. The predicted molar refractivity (Wildman–Crippen MR) is 89.7 cm³/mol. The number of hydrazine groups is 1. The Bertz CT molecular complexity index is 543. The van der Waals surface area contributed by atoms with Crippen LogP contribution in [0.15, 0.2) is 35.7 Å². The second kappa shape index (κ2) is 7.26. The van der Waals surface area contributed by atoms with Crippen LogP contribution in [-0.4, -0.2) is 41.0 Å². The molecular weight excluding hydrogens is 276 g/mol. The van der Waals surface area contributed by atoms with Crippen LogP contribution in [0.5, 0.6) is 0 Å². The largest absolute Gasteiger partial charge is 0.384 e. The van der Waals surface area contributed by atoms with Crippen molar-refractivity contribution in [3.63, 3.8) is 0 Å². The van der Waals surface area contributed by atoms with Crippen molar-refractivity contribution in [1.82, 2.24) is 14.9 Å². The number of nitrogens with zero attached hydrogens (tertiary/aromatic N) is 4. The molecule has 0 unspecified atom stereocenters. The molecule has 1 saturated heterocycles. The van der Waals surface area contributed by atoms with E-state index in [0.29, 0.717) is 11.9 Å². The summed E-state index contributed by atoms with van der Waals surface area (Å²) in [5.41, 5.74) is 8.03. The van der Waals surface area contributed by atoms with Gasteiger partial charge in [-0.15, -0.1) is 0 Å². The molecule has 0 aliphatic carbocycles. The average molecular weight is 302 g/mol. The van der Waals surface area contributed by atoms with Crippen LogP contribution in [-0.2, 0) is 6.42 Å². The fraction of sp³-hybridized carbons (Fsp3) is 0.500. The number of likely N-dealkylation sites (tertiary alicyclic amines) is 1. The van der Waals surface area contributed by atoms with Crippen LogP contribution in [0, 0.1) is 12.8 Å². The molecule has 0 bridgehead atoms. The van der Waals surface area contributed by atoms with E-state index in [1.54, 1.807) is 7.05 Å². The first-order valence-corrected chi connectivity index (χ1v) is 7.63. The summed E-state index contributed by atoms with van der Waals surface area (Å²) in [7, 11) is 1.77. The molecular formula is C16H26N6. The van der Waals surface area contributed by atoms with Gasteiger partial charge in [-0.05, 0) is 49.8 Å². The number of guanidine groups is 1. The molecule has 2 heterocycles. The third kappa shape index (κ3) is 4.46. The molecule has 22 heavy (non-hydrogen) atoms. The normalized spacial score (nSPS) is 16.7. The van der Waals surface area contributed by atoms with Crippen molar-refractivity contribution in [3.05, 3.63) is 42.0 Å². The molecule has 2 rings (SSSR count). The highest BCUT2D eigenvalue weighted by Gasteiger charge is 2.23. The summed E-state index contributed by atoms with van der Waals surface area (Å²) in [4.78, 5) is 10.7. The van der Waals surface area contributed by atoms with E-state index >= 15 is 0 Å². The Morgan fingerprint density at radius 1 is 1.50 bits per heavy atom. The molecule has 1 fully saturated rings. The summed E-state index contributed by atoms with van der Waals surface area (Å²) < 4.78 is 0. The van der Waals surface area contributed by atoms with Gasteiger partial charge >= 0.3 is 0 Å². The van der Waals surface area contributed by atoms with E-state index in [-0.39, 0.29) is 5.82 Å². The van der Waals surface area contributed by atoms with Crippen molar-refractivity contribution < 1.29 is 0 Å². The Morgan fingerprint density at radius 2 is 2.18 bits per heavy atom. The molecule has 6 nitrogen and oxygen atoms in total. The van der Waals surface area contributed by atoms with Gasteiger partial charge in [-0.1, -0.05) is 6.58 Å². The molecule has 120 valence electrons. The average Bonchev–Trinajstić information content (AvgIpc) is 2.45. The molecule has 6 heteroatoms. The van der Waals surface area contributed by atoms with E-state index in [1.807, 2.05) is 13.1 Å². The van der Waals surface area contributed by atoms with Gasteiger partial charge < -0.3 is 10.6 Å². The zero-order valence-corrected chi connectivity index (χ0v) is 13.5. The molecule has 1 aliphatic rings. The van der Waals surface area contributed by atoms with Crippen molar-refractivity contribution in [2.75, 3.05) is 20.1 Å². The number of nitrogens with two attached hydrogens (primary N) is 2. The van der Waals surface area contributed by atoms with Crippen LogP contribution in [0.2, 0.25) is 0 Å². The van der Waals surface area contributed by atoms with Gasteiger partial charge in [-0.2, -0.15) is 4.99 Å². The van der Waals surface area contributed by atoms with E-state index in [2.05, 4.69) is 33.6 Å². The number of aromatic nitrogens is 1. The fourth-order valence-electron chi connectivity index (χ4n) is 2.90. The summed E-state index contributed by atoms with van der Waals surface area (Å²) in [5, 5.41) is 1.50. The van der Waals surface area contributed by atoms with Gasteiger partial charge in [0.05, 0.1) is 0 Å². The lowest BCUT2D eigenvalue weighted by atomic mass is 9.90. The Kier molecular flexibility index (Phi) is 5.38. The molecule has 1 aliphatic heterocycles. The lowest BCUT2D eigenvalue weighted by molar-refractivity contribution is 0.241. The summed E-state index contributed by atoms with van der Waals surface area (Å²) in [6.07, 6.45) is 5.23. The number of pyridine rings is 1. The molecule has 0 aromatic carbocycles. The zero-order valence-electron chi connectivity index (χ0n) is 13.5. The van der Waals surface area contributed by atoms with Gasteiger partial charge in [-0.3, -0.25) is 9.99 Å². The summed E-state index contributed by atoms with van der Waals surface area (Å²) in [5.74, 6) is 7.50. The van der Waals surface area contributed by atoms with Crippen LogP contribution < -0.4 is 11.6 Å². The maximum absolute atomic E-state index is 5.85. The third-order valence-electron chi connectivity index (χ3n) is 3.94. The second-order valence-electron chi connectivity index (χ2n) is 5.95. The van der Waals surface area contributed by atoms with E-state index in [4.69, 9.17) is 11.6 Å². The minimum absolute atomic E-state index is 0.279. The highest BCUT2D eigenvalue weighted by molar-refractivity contribution is 5.80. The number of aryl methyl sites for hydroxylation is 1. The SMILES string of the molecule is C=C(N)/N=C(\N(C)N)N1CCC(Cc2ccnc(C)c2)CC1. The quantitative estimate of drug-likeness (QED) is 0.380. The van der Waals surface area contributed by atoms with Gasteiger partial charge in [0.1, 0.15) is 5.82 Å². The molecule has 0 radical (unpaired) electrons. The molecule has 4 N–H and O–H groups in total. The molecule has 1 aromatic rings. The van der Waals surface area contributed by atoms with Crippen LogP contribution in [0.4, 0.5) is 0 Å². The molecule has 0 atom stereocenters. The standard InChI is InChI=1S/C16H26N6/c1-12-10-15(4-7-19-12)11-14-5-8-22(9-6-14)16(21(3)18)20-13(2)17/h4,7,10,14H,2,5-6,8-9,11,17-18H2,1,3H3/b20-16+. The monoisotopic (exact) mass is 302 g/mol. The number of aliphatic imine (C=N–C) groups is 1. The number of rotatable bonds is 3. The highest BCUT2D eigenvalue weighted by Crippen LogP contribution is 2.22.